The lowest BCUT2D eigenvalue weighted by Crippen LogP contribution is -2.42. The van der Waals surface area contributed by atoms with Crippen molar-refractivity contribution in [3.8, 4) is 0 Å². The Morgan fingerprint density at radius 2 is 1.63 bits per heavy atom. The average molecular weight is 282 g/mol. The first kappa shape index (κ1) is 12.5. The molecule has 0 heterocycles. The highest BCUT2D eigenvalue weighted by atomic mass is 35.5. The molecule has 0 aromatic rings. The van der Waals surface area contributed by atoms with E-state index < -0.39 is 0 Å². The van der Waals surface area contributed by atoms with E-state index >= 15 is 0 Å². The van der Waals surface area contributed by atoms with Gasteiger partial charge in [-0.3, -0.25) is 4.79 Å². The molecule has 2 nitrogen and oxygen atoms in total. The number of halogens is 1. The molecule has 0 radical (unpaired) electrons. The normalized spacial score (nSPS) is 51.5. The molecule has 4 aliphatic carbocycles. The SMILES string of the molecule is O=C(NC1CCCCCC1Cl)C1C2C3CCC(C3)C12. The van der Waals surface area contributed by atoms with Gasteiger partial charge in [0.1, 0.15) is 0 Å². The summed E-state index contributed by atoms with van der Waals surface area (Å²) in [6.45, 7) is 0. The Morgan fingerprint density at radius 1 is 0.947 bits per heavy atom. The zero-order valence-corrected chi connectivity index (χ0v) is 12.2. The predicted molar refractivity (Wildman–Crippen MR) is 76.0 cm³/mol. The minimum absolute atomic E-state index is 0.154. The summed E-state index contributed by atoms with van der Waals surface area (Å²) in [5.41, 5.74) is 0. The van der Waals surface area contributed by atoms with Crippen LogP contribution in [0.5, 0.6) is 0 Å². The van der Waals surface area contributed by atoms with Crippen molar-refractivity contribution in [2.45, 2.75) is 62.8 Å². The number of rotatable bonds is 2. The van der Waals surface area contributed by atoms with E-state index in [9.17, 15) is 4.79 Å². The van der Waals surface area contributed by atoms with Crippen LogP contribution in [0.4, 0.5) is 0 Å². The molecule has 0 aliphatic heterocycles. The molecule has 0 aromatic heterocycles. The van der Waals surface area contributed by atoms with Crippen LogP contribution in [0.2, 0.25) is 0 Å². The maximum atomic E-state index is 12.5. The minimum atomic E-state index is 0.154. The third-order valence-corrected chi connectivity index (χ3v) is 6.82. The van der Waals surface area contributed by atoms with Gasteiger partial charge in [0.25, 0.3) is 0 Å². The van der Waals surface area contributed by atoms with Crippen LogP contribution in [0, 0.1) is 29.6 Å². The van der Waals surface area contributed by atoms with Crippen LogP contribution in [0.1, 0.15) is 51.4 Å². The molecule has 4 fully saturated rings. The van der Waals surface area contributed by atoms with Gasteiger partial charge < -0.3 is 5.32 Å². The minimum Gasteiger partial charge on any atom is -0.352 e. The van der Waals surface area contributed by atoms with Crippen LogP contribution >= 0.6 is 11.6 Å². The van der Waals surface area contributed by atoms with Crippen molar-refractivity contribution in [3.63, 3.8) is 0 Å². The Kier molecular flexibility index (Phi) is 3.06. The van der Waals surface area contributed by atoms with Crippen LogP contribution < -0.4 is 5.32 Å². The fourth-order valence-electron chi connectivity index (χ4n) is 5.38. The number of fused-ring (bicyclic) bond motifs is 5. The molecule has 19 heavy (non-hydrogen) atoms. The van der Waals surface area contributed by atoms with Crippen molar-refractivity contribution in [2.75, 3.05) is 0 Å². The third kappa shape index (κ3) is 2.02. The van der Waals surface area contributed by atoms with E-state index in [1.54, 1.807) is 0 Å². The van der Waals surface area contributed by atoms with E-state index in [4.69, 9.17) is 11.6 Å². The van der Waals surface area contributed by atoms with Gasteiger partial charge in [0.05, 0.1) is 5.38 Å². The number of carbonyl (C=O) groups is 1. The summed E-state index contributed by atoms with van der Waals surface area (Å²) in [6, 6.07) is 0.232. The monoisotopic (exact) mass is 281 g/mol. The lowest BCUT2D eigenvalue weighted by molar-refractivity contribution is -0.124. The molecular formula is C16H24ClNO. The lowest BCUT2D eigenvalue weighted by Gasteiger charge is -2.22. The van der Waals surface area contributed by atoms with Crippen molar-refractivity contribution in [1.82, 2.24) is 5.32 Å². The number of carbonyl (C=O) groups excluding carboxylic acids is 1. The number of hydrogen-bond acceptors (Lipinski definition) is 1. The zero-order chi connectivity index (χ0) is 13.0. The topological polar surface area (TPSA) is 29.1 Å². The summed E-state index contributed by atoms with van der Waals surface area (Å²) in [7, 11) is 0. The smallest absolute Gasteiger partial charge is 0.223 e. The molecule has 4 rings (SSSR count). The standard InChI is InChI=1S/C16H24ClNO/c17-11-4-2-1-3-5-12(11)18-16(19)15-13-9-6-7-10(8-9)14(13)15/h9-15H,1-8H2,(H,18,19). The Bertz CT molecular complexity index is 369. The van der Waals surface area contributed by atoms with E-state index in [0.717, 1.165) is 36.5 Å². The lowest BCUT2D eigenvalue weighted by atomic mass is 10.0. The maximum Gasteiger partial charge on any atom is 0.223 e. The Balaban J connectivity index is 1.37. The fraction of sp³-hybridized carbons (Fsp3) is 0.938. The summed E-state index contributed by atoms with van der Waals surface area (Å²) in [5.74, 6) is 3.96. The second-order valence-electron chi connectivity index (χ2n) is 7.28. The molecule has 2 bridgehead atoms. The van der Waals surface area contributed by atoms with Gasteiger partial charge in [0, 0.05) is 12.0 Å². The highest BCUT2D eigenvalue weighted by Gasteiger charge is 2.67. The number of hydrogen-bond donors (Lipinski definition) is 1. The van der Waals surface area contributed by atoms with Crippen LogP contribution in [0.15, 0.2) is 0 Å². The van der Waals surface area contributed by atoms with Gasteiger partial charge in [-0.05, 0) is 55.8 Å². The van der Waals surface area contributed by atoms with E-state index in [1.165, 1.54) is 38.5 Å². The molecular weight excluding hydrogens is 258 g/mol. The van der Waals surface area contributed by atoms with Crippen molar-refractivity contribution >= 4 is 17.5 Å². The molecule has 0 spiro atoms. The molecule has 1 amide bonds. The summed E-state index contributed by atoms with van der Waals surface area (Å²) in [6.07, 6.45) is 10.0. The quantitative estimate of drug-likeness (QED) is 0.610. The van der Waals surface area contributed by atoms with E-state index in [2.05, 4.69) is 5.32 Å². The van der Waals surface area contributed by atoms with Gasteiger partial charge in [-0.1, -0.05) is 19.3 Å². The first-order valence-corrected chi connectivity index (χ1v) is 8.64. The Morgan fingerprint density at radius 3 is 2.37 bits per heavy atom. The zero-order valence-electron chi connectivity index (χ0n) is 11.5. The molecule has 6 atom stereocenters. The summed E-state index contributed by atoms with van der Waals surface area (Å²) < 4.78 is 0. The first-order chi connectivity index (χ1) is 9.25. The Hall–Kier alpha value is -0.240. The molecule has 6 unspecified atom stereocenters. The van der Waals surface area contributed by atoms with Gasteiger partial charge >= 0.3 is 0 Å². The maximum absolute atomic E-state index is 12.5. The number of amides is 1. The summed E-state index contributed by atoms with van der Waals surface area (Å²) in [5, 5.41) is 3.45. The van der Waals surface area contributed by atoms with Crippen molar-refractivity contribution in [1.29, 1.82) is 0 Å². The predicted octanol–water partition coefficient (Wildman–Crippen LogP) is 3.33. The highest BCUT2D eigenvalue weighted by Crippen LogP contribution is 2.69. The van der Waals surface area contributed by atoms with Crippen LogP contribution in [0.3, 0.4) is 0 Å². The highest BCUT2D eigenvalue weighted by molar-refractivity contribution is 6.21. The largest absolute Gasteiger partial charge is 0.352 e. The van der Waals surface area contributed by atoms with Gasteiger partial charge in [-0.2, -0.15) is 0 Å². The number of alkyl halides is 1. The molecule has 0 saturated heterocycles. The summed E-state index contributed by atoms with van der Waals surface area (Å²) in [4.78, 5) is 12.5. The second kappa shape index (κ2) is 4.65. The fourth-order valence-corrected chi connectivity index (χ4v) is 5.72. The third-order valence-electron chi connectivity index (χ3n) is 6.30. The first-order valence-electron chi connectivity index (χ1n) is 8.20. The van der Waals surface area contributed by atoms with Crippen LogP contribution in [-0.4, -0.2) is 17.3 Å². The van der Waals surface area contributed by atoms with E-state index in [-0.39, 0.29) is 11.4 Å². The molecule has 1 N–H and O–H groups in total. The molecule has 0 aromatic carbocycles. The molecule has 3 heteroatoms. The van der Waals surface area contributed by atoms with Crippen molar-refractivity contribution in [3.05, 3.63) is 0 Å². The van der Waals surface area contributed by atoms with E-state index in [0.29, 0.717) is 11.8 Å². The van der Waals surface area contributed by atoms with Gasteiger partial charge in [0.2, 0.25) is 5.91 Å². The van der Waals surface area contributed by atoms with E-state index in [1.807, 2.05) is 0 Å². The van der Waals surface area contributed by atoms with Gasteiger partial charge in [-0.25, -0.2) is 0 Å². The van der Waals surface area contributed by atoms with Gasteiger partial charge in [0.15, 0.2) is 0 Å². The average Bonchev–Trinajstić information content (AvgIpc) is 2.94. The number of nitrogens with one attached hydrogen (secondary N) is 1. The molecule has 106 valence electrons. The summed E-state index contributed by atoms with van der Waals surface area (Å²) >= 11 is 6.43. The molecule has 4 aliphatic rings. The van der Waals surface area contributed by atoms with Gasteiger partial charge in [-0.15, -0.1) is 11.6 Å². The van der Waals surface area contributed by atoms with Crippen molar-refractivity contribution in [2.24, 2.45) is 29.6 Å². The Labute approximate surface area is 120 Å². The van der Waals surface area contributed by atoms with Crippen LogP contribution in [-0.2, 0) is 4.79 Å². The molecule has 4 saturated carbocycles. The van der Waals surface area contributed by atoms with Crippen molar-refractivity contribution < 1.29 is 4.79 Å². The van der Waals surface area contributed by atoms with Crippen LogP contribution in [0.25, 0.3) is 0 Å². The second-order valence-corrected chi connectivity index (χ2v) is 7.84.